The van der Waals surface area contributed by atoms with E-state index in [4.69, 9.17) is 15.2 Å². The number of hydrogen-bond acceptors (Lipinski definition) is 4. The number of primary amides is 1. The Morgan fingerprint density at radius 3 is 2.27 bits per heavy atom. The van der Waals surface area contributed by atoms with Crippen molar-refractivity contribution in [2.24, 2.45) is 11.7 Å². The van der Waals surface area contributed by atoms with Gasteiger partial charge in [0.25, 0.3) is 0 Å². The molecule has 5 nitrogen and oxygen atoms in total. The van der Waals surface area contributed by atoms with Crippen LogP contribution >= 0.6 is 0 Å². The van der Waals surface area contributed by atoms with E-state index in [1.54, 1.807) is 19.2 Å². The first-order valence-electron chi connectivity index (χ1n) is 7.44. The van der Waals surface area contributed by atoms with Crippen molar-refractivity contribution in [2.75, 3.05) is 7.11 Å². The van der Waals surface area contributed by atoms with Gasteiger partial charge in [0.15, 0.2) is 0 Å². The van der Waals surface area contributed by atoms with Crippen molar-refractivity contribution in [2.45, 2.75) is 45.4 Å². The lowest BCUT2D eigenvalue weighted by Crippen LogP contribution is -2.22. The highest BCUT2D eigenvalue weighted by atomic mass is 16.5. The number of hydrogen-bond donors (Lipinski definition) is 1. The molecule has 0 aromatic heterocycles. The van der Waals surface area contributed by atoms with Gasteiger partial charge in [0.1, 0.15) is 17.3 Å². The Hall–Kier alpha value is -2.04. The van der Waals surface area contributed by atoms with Gasteiger partial charge in [-0.3, -0.25) is 4.79 Å². The van der Waals surface area contributed by atoms with Crippen LogP contribution < -0.4 is 15.2 Å². The molecule has 1 aromatic rings. The first-order chi connectivity index (χ1) is 10.2. The molecule has 22 heavy (non-hydrogen) atoms. The third-order valence-corrected chi connectivity index (χ3v) is 3.80. The number of rotatable bonds is 5. The van der Waals surface area contributed by atoms with Crippen molar-refractivity contribution >= 4 is 11.9 Å². The van der Waals surface area contributed by atoms with Gasteiger partial charge in [-0.2, -0.15) is 0 Å². The zero-order valence-electron chi connectivity index (χ0n) is 13.6. The second kappa shape index (κ2) is 5.99. The maximum atomic E-state index is 12.3. The largest absolute Gasteiger partial charge is 0.496 e. The normalized spacial score (nSPS) is 14.5. The lowest BCUT2D eigenvalue weighted by molar-refractivity contribution is -0.119. The number of ketones is 1. The van der Waals surface area contributed by atoms with Gasteiger partial charge < -0.3 is 15.2 Å². The van der Waals surface area contributed by atoms with Crippen LogP contribution in [-0.2, 0) is 16.6 Å². The van der Waals surface area contributed by atoms with E-state index in [2.05, 4.69) is 0 Å². The van der Waals surface area contributed by atoms with Crippen LogP contribution in [0.25, 0.3) is 0 Å². The van der Waals surface area contributed by atoms with Crippen LogP contribution in [0, 0.1) is 5.92 Å². The van der Waals surface area contributed by atoms with Crippen molar-refractivity contribution in [3.05, 3.63) is 23.3 Å². The number of benzene rings is 1. The fraction of sp³-hybridized carbons (Fsp3) is 0.529. The quantitative estimate of drug-likeness (QED) is 0.907. The fourth-order valence-corrected chi connectivity index (χ4v) is 2.70. The van der Waals surface area contributed by atoms with Crippen LogP contribution in [0.3, 0.4) is 0 Å². The molecule has 120 valence electrons. The molecule has 0 aliphatic heterocycles. The van der Waals surface area contributed by atoms with Gasteiger partial charge in [0.05, 0.1) is 7.11 Å². The minimum Gasteiger partial charge on any atom is -0.496 e. The molecular weight excluding hydrogens is 282 g/mol. The number of nitrogens with two attached hydrogens (primary N) is 1. The molecule has 0 heterocycles. The topological polar surface area (TPSA) is 78.6 Å². The number of ether oxygens (including phenoxy) is 2. The van der Waals surface area contributed by atoms with E-state index in [0.717, 1.165) is 18.4 Å². The molecule has 2 rings (SSSR count). The number of carbonyl (C=O) groups is 2. The maximum absolute atomic E-state index is 12.3. The van der Waals surface area contributed by atoms with E-state index < -0.39 is 6.09 Å². The molecule has 2 N–H and O–H groups in total. The Morgan fingerprint density at radius 2 is 1.82 bits per heavy atom. The van der Waals surface area contributed by atoms with E-state index >= 15 is 0 Å². The summed E-state index contributed by atoms with van der Waals surface area (Å²) in [4.78, 5) is 23.4. The molecule has 1 aromatic carbocycles. The van der Waals surface area contributed by atoms with Crippen LogP contribution in [0.4, 0.5) is 4.79 Å². The van der Waals surface area contributed by atoms with Crippen LogP contribution in [0.15, 0.2) is 12.1 Å². The Balaban J connectivity index is 2.54. The summed E-state index contributed by atoms with van der Waals surface area (Å²) in [5.41, 5.74) is 6.46. The summed E-state index contributed by atoms with van der Waals surface area (Å²) in [5.74, 6) is 1.34. The first-order valence-corrected chi connectivity index (χ1v) is 7.44. The summed E-state index contributed by atoms with van der Waals surface area (Å²) < 4.78 is 10.6. The highest BCUT2D eigenvalue weighted by Gasteiger charge is 2.33. The minimum absolute atomic E-state index is 0.139. The second-order valence-corrected chi connectivity index (χ2v) is 6.71. The van der Waals surface area contributed by atoms with Gasteiger partial charge in [-0.05, 0) is 30.4 Å². The van der Waals surface area contributed by atoms with Crippen molar-refractivity contribution in [1.29, 1.82) is 0 Å². The van der Waals surface area contributed by atoms with E-state index in [1.807, 2.05) is 20.8 Å². The van der Waals surface area contributed by atoms with Gasteiger partial charge >= 0.3 is 6.09 Å². The number of carbonyl (C=O) groups excluding carboxylic acids is 2. The van der Waals surface area contributed by atoms with Crippen LogP contribution in [-0.4, -0.2) is 19.0 Å². The second-order valence-electron chi connectivity index (χ2n) is 6.71. The fourth-order valence-electron chi connectivity index (χ4n) is 2.70. The van der Waals surface area contributed by atoms with Gasteiger partial charge in [0, 0.05) is 23.5 Å². The lowest BCUT2D eigenvalue weighted by Gasteiger charge is -2.26. The molecule has 1 fully saturated rings. The molecule has 0 spiro atoms. The van der Waals surface area contributed by atoms with Gasteiger partial charge in [-0.25, -0.2) is 4.79 Å². The molecular formula is C17H23NO4. The Labute approximate surface area is 130 Å². The van der Waals surface area contributed by atoms with Crippen LogP contribution in [0.5, 0.6) is 11.5 Å². The maximum Gasteiger partial charge on any atom is 0.409 e. The third-order valence-electron chi connectivity index (χ3n) is 3.80. The molecule has 0 unspecified atom stereocenters. The van der Waals surface area contributed by atoms with Crippen molar-refractivity contribution in [1.82, 2.24) is 0 Å². The van der Waals surface area contributed by atoms with Crippen molar-refractivity contribution in [3.63, 3.8) is 0 Å². The molecule has 1 aliphatic rings. The predicted molar refractivity (Wildman–Crippen MR) is 83.3 cm³/mol. The zero-order valence-corrected chi connectivity index (χ0v) is 13.6. The Bertz CT molecular complexity index is 597. The summed E-state index contributed by atoms with van der Waals surface area (Å²) in [6.45, 7) is 6.10. The van der Waals surface area contributed by atoms with E-state index in [1.165, 1.54) is 0 Å². The summed E-state index contributed by atoms with van der Waals surface area (Å²) in [6, 6.07) is 3.37. The summed E-state index contributed by atoms with van der Waals surface area (Å²) in [5, 5.41) is 0. The van der Waals surface area contributed by atoms with E-state index in [-0.39, 0.29) is 23.5 Å². The monoisotopic (exact) mass is 305 g/mol. The number of methoxy groups -OCH3 is 1. The Kier molecular flexibility index (Phi) is 4.44. The molecule has 0 bridgehead atoms. The number of amides is 1. The SMILES string of the molecule is COc1ccc(OC(N)=O)c(CC(=O)C2CC2)c1C(C)(C)C. The summed E-state index contributed by atoms with van der Waals surface area (Å²) >= 11 is 0. The van der Waals surface area contributed by atoms with Crippen LogP contribution in [0.2, 0.25) is 0 Å². The number of Topliss-reactive ketones (excluding diaryl/α,β-unsaturated/α-hetero) is 1. The average Bonchev–Trinajstić information content (AvgIpc) is 3.22. The Morgan fingerprint density at radius 1 is 1.23 bits per heavy atom. The van der Waals surface area contributed by atoms with Gasteiger partial charge in [-0.1, -0.05) is 20.8 Å². The van der Waals surface area contributed by atoms with E-state index in [0.29, 0.717) is 17.1 Å². The molecule has 1 aliphatic carbocycles. The third kappa shape index (κ3) is 3.59. The average molecular weight is 305 g/mol. The molecule has 1 amide bonds. The van der Waals surface area contributed by atoms with Crippen LogP contribution in [0.1, 0.15) is 44.7 Å². The highest BCUT2D eigenvalue weighted by Crippen LogP contribution is 2.41. The molecule has 5 heteroatoms. The lowest BCUT2D eigenvalue weighted by atomic mass is 9.81. The minimum atomic E-state index is -0.884. The zero-order chi connectivity index (χ0) is 16.5. The van der Waals surface area contributed by atoms with Gasteiger partial charge in [0.2, 0.25) is 0 Å². The highest BCUT2D eigenvalue weighted by molar-refractivity contribution is 5.87. The standard InChI is InChI=1S/C17H23NO4/c1-17(2,3)15-11(9-12(19)10-5-6-10)13(22-16(18)20)7-8-14(15)21-4/h7-8,10H,5-6,9H2,1-4H3,(H2,18,20). The van der Waals surface area contributed by atoms with Crippen molar-refractivity contribution < 1.29 is 19.1 Å². The molecule has 1 saturated carbocycles. The summed E-state index contributed by atoms with van der Waals surface area (Å²) in [7, 11) is 1.59. The predicted octanol–water partition coefficient (Wildman–Crippen LogP) is 2.97. The molecule has 0 radical (unpaired) electrons. The molecule has 0 saturated heterocycles. The smallest absolute Gasteiger partial charge is 0.409 e. The summed E-state index contributed by atoms with van der Waals surface area (Å²) in [6.07, 6.45) is 1.24. The first kappa shape index (κ1) is 16.3. The van der Waals surface area contributed by atoms with E-state index in [9.17, 15) is 9.59 Å². The van der Waals surface area contributed by atoms with Gasteiger partial charge in [-0.15, -0.1) is 0 Å². The molecule has 0 atom stereocenters. The van der Waals surface area contributed by atoms with Crippen molar-refractivity contribution in [3.8, 4) is 11.5 Å².